The third-order valence-corrected chi connectivity index (χ3v) is 2.61. The van der Waals surface area contributed by atoms with Crippen molar-refractivity contribution < 1.29 is 9.26 Å². The van der Waals surface area contributed by atoms with E-state index in [0.29, 0.717) is 30.6 Å². The maximum Gasteiger partial charge on any atom is 0.278 e. The maximum atomic E-state index is 6.14. The molecule has 0 aliphatic heterocycles. The Morgan fingerprint density at radius 1 is 1.53 bits per heavy atom. The second kappa shape index (κ2) is 5.50. The number of rotatable bonds is 6. The summed E-state index contributed by atoms with van der Waals surface area (Å²) in [6, 6.07) is 0. The van der Waals surface area contributed by atoms with E-state index in [1.807, 2.05) is 25.5 Å². The molecule has 0 aliphatic rings. The Bertz CT molecular complexity index is 532. The van der Waals surface area contributed by atoms with Crippen molar-refractivity contribution >= 4 is 0 Å². The summed E-state index contributed by atoms with van der Waals surface area (Å²) < 4.78 is 12.4. The van der Waals surface area contributed by atoms with Gasteiger partial charge in [-0.3, -0.25) is 0 Å². The highest BCUT2D eigenvalue weighted by atomic mass is 16.5. The van der Waals surface area contributed by atoms with E-state index in [-0.39, 0.29) is 0 Å². The van der Waals surface area contributed by atoms with E-state index in [2.05, 4.69) is 15.1 Å². The Morgan fingerprint density at radius 3 is 2.95 bits per heavy atom. The SMILES string of the molecule is CCCOCC(C)(N)c1noc(-c2cn(C)cn2)n1. The van der Waals surface area contributed by atoms with Crippen LogP contribution in [0.2, 0.25) is 0 Å². The number of ether oxygens (including phenoxy) is 1. The molecule has 2 aromatic heterocycles. The van der Waals surface area contributed by atoms with Crippen LogP contribution >= 0.6 is 0 Å². The van der Waals surface area contributed by atoms with Crippen LogP contribution in [0, 0.1) is 0 Å². The Kier molecular flexibility index (Phi) is 3.96. The van der Waals surface area contributed by atoms with Crippen molar-refractivity contribution in [3.63, 3.8) is 0 Å². The second-order valence-electron chi connectivity index (χ2n) is 4.82. The molecular weight excluding hydrogens is 246 g/mol. The lowest BCUT2D eigenvalue weighted by Gasteiger charge is -2.19. The summed E-state index contributed by atoms with van der Waals surface area (Å²) in [4.78, 5) is 8.44. The summed E-state index contributed by atoms with van der Waals surface area (Å²) in [5.41, 5.74) is 6.00. The van der Waals surface area contributed by atoms with Crippen LogP contribution in [0.4, 0.5) is 0 Å². The third-order valence-electron chi connectivity index (χ3n) is 2.61. The van der Waals surface area contributed by atoms with Crippen LogP contribution in [-0.2, 0) is 17.3 Å². The smallest absolute Gasteiger partial charge is 0.278 e. The van der Waals surface area contributed by atoms with E-state index in [4.69, 9.17) is 15.0 Å². The molecule has 19 heavy (non-hydrogen) atoms. The molecule has 7 nitrogen and oxygen atoms in total. The highest BCUT2D eigenvalue weighted by molar-refractivity contribution is 5.44. The monoisotopic (exact) mass is 265 g/mol. The number of imidazole rings is 1. The zero-order valence-corrected chi connectivity index (χ0v) is 11.5. The standard InChI is InChI=1S/C12H19N5O2/c1-4-5-18-7-12(2,13)11-15-10(19-16-11)9-6-17(3)8-14-9/h6,8H,4-5,7,13H2,1-3H3. The van der Waals surface area contributed by atoms with E-state index in [1.165, 1.54) is 0 Å². The first-order valence-corrected chi connectivity index (χ1v) is 6.22. The number of hydrogen-bond acceptors (Lipinski definition) is 6. The number of hydrogen-bond donors (Lipinski definition) is 1. The van der Waals surface area contributed by atoms with Gasteiger partial charge >= 0.3 is 0 Å². The molecule has 0 radical (unpaired) electrons. The molecule has 0 saturated heterocycles. The van der Waals surface area contributed by atoms with Crippen molar-refractivity contribution in [2.24, 2.45) is 12.8 Å². The van der Waals surface area contributed by atoms with E-state index in [1.54, 1.807) is 12.5 Å². The van der Waals surface area contributed by atoms with Crippen LogP contribution in [0.5, 0.6) is 0 Å². The largest absolute Gasteiger partial charge is 0.379 e. The number of nitrogens with two attached hydrogens (primary N) is 1. The topological polar surface area (TPSA) is 92.0 Å². The molecule has 1 atom stereocenters. The predicted molar refractivity (Wildman–Crippen MR) is 69.1 cm³/mol. The van der Waals surface area contributed by atoms with E-state index >= 15 is 0 Å². The van der Waals surface area contributed by atoms with Crippen molar-refractivity contribution in [2.75, 3.05) is 13.2 Å². The van der Waals surface area contributed by atoms with E-state index in [0.717, 1.165) is 6.42 Å². The first-order valence-electron chi connectivity index (χ1n) is 6.22. The molecule has 0 aromatic carbocycles. The van der Waals surface area contributed by atoms with Crippen LogP contribution < -0.4 is 5.73 Å². The molecule has 104 valence electrons. The average molecular weight is 265 g/mol. The van der Waals surface area contributed by atoms with Crippen LogP contribution in [0.3, 0.4) is 0 Å². The summed E-state index contributed by atoms with van der Waals surface area (Å²) in [5.74, 6) is 0.784. The van der Waals surface area contributed by atoms with Gasteiger partial charge in [-0.2, -0.15) is 4.98 Å². The first kappa shape index (κ1) is 13.7. The van der Waals surface area contributed by atoms with Gasteiger partial charge in [0.25, 0.3) is 5.89 Å². The minimum atomic E-state index is -0.772. The number of aromatic nitrogens is 4. The minimum absolute atomic E-state index is 0.349. The lowest BCUT2D eigenvalue weighted by molar-refractivity contribution is 0.0867. The van der Waals surface area contributed by atoms with Crippen molar-refractivity contribution in [2.45, 2.75) is 25.8 Å². The molecule has 0 fully saturated rings. The van der Waals surface area contributed by atoms with E-state index in [9.17, 15) is 0 Å². The van der Waals surface area contributed by atoms with Gasteiger partial charge < -0.3 is 19.6 Å². The Morgan fingerprint density at radius 2 is 2.32 bits per heavy atom. The van der Waals surface area contributed by atoms with Crippen molar-refractivity contribution in [1.82, 2.24) is 19.7 Å². The fraction of sp³-hybridized carbons (Fsp3) is 0.583. The first-order chi connectivity index (χ1) is 9.03. The molecule has 0 spiro atoms. The van der Waals surface area contributed by atoms with Gasteiger partial charge in [0.2, 0.25) is 0 Å². The quantitative estimate of drug-likeness (QED) is 0.785. The predicted octanol–water partition coefficient (Wildman–Crippen LogP) is 1.07. The van der Waals surface area contributed by atoms with Crippen molar-refractivity contribution in [3.05, 3.63) is 18.3 Å². The summed E-state index contributed by atoms with van der Waals surface area (Å²) in [5, 5.41) is 3.91. The molecule has 0 aliphatic carbocycles. The van der Waals surface area contributed by atoms with Gasteiger partial charge in [0.05, 0.1) is 12.9 Å². The summed E-state index contributed by atoms with van der Waals surface area (Å²) in [7, 11) is 1.87. The number of aryl methyl sites for hydroxylation is 1. The minimum Gasteiger partial charge on any atom is -0.379 e. The van der Waals surface area contributed by atoms with Gasteiger partial charge in [-0.25, -0.2) is 4.98 Å². The molecule has 0 bridgehead atoms. The normalized spacial score (nSPS) is 14.5. The zero-order valence-electron chi connectivity index (χ0n) is 11.5. The molecule has 2 aromatic rings. The highest BCUT2D eigenvalue weighted by Crippen LogP contribution is 2.20. The summed E-state index contributed by atoms with van der Waals surface area (Å²) >= 11 is 0. The van der Waals surface area contributed by atoms with Gasteiger partial charge in [0, 0.05) is 19.9 Å². The van der Waals surface area contributed by atoms with Crippen LogP contribution in [-0.4, -0.2) is 32.9 Å². The molecule has 7 heteroatoms. The molecule has 2 rings (SSSR count). The Hall–Kier alpha value is -1.73. The van der Waals surface area contributed by atoms with Crippen molar-refractivity contribution in [1.29, 1.82) is 0 Å². The maximum absolute atomic E-state index is 6.14. The van der Waals surface area contributed by atoms with Gasteiger partial charge in [-0.1, -0.05) is 12.1 Å². The van der Waals surface area contributed by atoms with Crippen LogP contribution in [0.25, 0.3) is 11.6 Å². The highest BCUT2D eigenvalue weighted by Gasteiger charge is 2.28. The lowest BCUT2D eigenvalue weighted by atomic mass is 10.1. The molecule has 2 N–H and O–H groups in total. The zero-order chi connectivity index (χ0) is 13.9. The Labute approximate surface area is 111 Å². The van der Waals surface area contributed by atoms with E-state index < -0.39 is 5.54 Å². The van der Waals surface area contributed by atoms with Crippen LogP contribution in [0.1, 0.15) is 26.1 Å². The molecule has 0 saturated carbocycles. The average Bonchev–Trinajstić information content (AvgIpc) is 2.97. The third kappa shape index (κ3) is 3.18. The lowest BCUT2D eigenvalue weighted by Crippen LogP contribution is -2.39. The molecule has 1 unspecified atom stereocenters. The van der Waals surface area contributed by atoms with Gasteiger partial charge in [-0.15, -0.1) is 0 Å². The summed E-state index contributed by atoms with van der Waals surface area (Å²) in [6.45, 7) is 4.87. The van der Waals surface area contributed by atoms with Gasteiger partial charge in [0.15, 0.2) is 5.82 Å². The number of nitrogens with zero attached hydrogens (tertiary/aromatic N) is 4. The van der Waals surface area contributed by atoms with Crippen LogP contribution in [0.15, 0.2) is 17.0 Å². The summed E-state index contributed by atoms with van der Waals surface area (Å²) in [6.07, 6.45) is 4.42. The fourth-order valence-electron chi connectivity index (χ4n) is 1.58. The fourth-order valence-corrected chi connectivity index (χ4v) is 1.58. The molecule has 2 heterocycles. The van der Waals surface area contributed by atoms with Gasteiger partial charge in [-0.05, 0) is 13.3 Å². The Balaban J connectivity index is 2.11. The molecular formula is C12H19N5O2. The van der Waals surface area contributed by atoms with Crippen molar-refractivity contribution in [3.8, 4) is 11.6 Å². The van der Waals surface area contributed by atoms with Gasteiger partial charge in [0.1, 0.15) is 11.2 Å². The molecule has 0 amide bonds. The second-order valence-corrected chi connectivity index (χ2v) is 4.82.